The molecule has 6 heteroatoms. The Labute approximate surface area is 112 Å². The third-order valence-electron chi connectivity index (χ3n) is 2.29. The minimum atomic E-state index is -2.98. The normalized spacial score (nSPS) is 11.7. The molecule has 0 unspecified atom stereocenters. The molecule has 18 heavy (non-hydrogen) atoms. The fourth-order valence-corrected chi connectivity index (χ4v) is 3.47. The molecule has 0 amide bonds. The van der Waals surface area contributed by atoms with Crippen LogP contribution >= 0.6 is 11.8 Å². The minimum absolute atomic E-state index is 0.0657. The Bertz CT molecular complexity index is 489. The molecule has 0 radical (unpaired) electrons. The highest BCUT2D eigenvalue weighted by Crippen LogP contribution is 2.22. The number of hydrogen-bond donors (Lipinski definition) is 1. The average Bonchev–Trinajstić information content (AvgIpc) is 2.27. The molecule has 1 rings (SSSR count). The van der Waals surface area contributed by atoms with E-state index in [0.717, 1.165) is 12.1 Å². The third kappa shape index (κ3) is 5.84. The van der Waals surface area contributed by atoms with Crippen LogP contribution in [0.2, 0.25) is 0 Å². The first-order chi connectivity index (χ1) is 8.42. The van der Waals surface area contributed by atoms with Crippen LogP contribution < -0.4 is 5.32 Å². The van der Waals surface area contributed by atoms with Crippen LogP contribution in [0.25, 0.3) is 0 Å². The lowest BCUT2D eigenvalue weighted by molar-refractivity contribution is 0.596. The Morgan fingerprint density at radius 3 is 2.67 bits per heavy atom. The van der Waals surface area contributed by atoms with Gasteiger partial charge in [0.1, 0.15) is 15.7 Å². The largest absolute Gasteiger partial charge is 0.313 e. The van der Waals surface area contributed by atoms with Gasteiger partial charge < -0.3 is 5.32 Å². The molecule has 1 aromatic rings. The summed E-state index contributed by atoms with van der Waals surface area (Å²) in [4.78, 5) is 0.499. The standard InChI is InChI=1S/C12H18FNO2S2/c1-3-14-9-10-4-5-12(11(13)8-10)17-6-7-18(2,15)16/h4-5,8,14H,3,6-7,9H2,1-2H3. The first kappa shape index (κ1) is 15.5. The second-order valence-electron chi connectivity index (χ2n) is 4.02. The van der Waals surface area contributed by atoms with Crippen molar-refractivity contribution in [2.75, 3.05) is 24.3 Å². The van der Waals surface area contributed by atoms with Crippen LogP contribution in [0.5, 0.6) is 0 Å². The molecule has 3 nitrogen and oxygen atoms in total. The van der Waals surface area contributed by atoms with Crippen LogP contribution in [0.1, 0.15) is 12.5 Å². The number of rotatable bonds is 7. The second-order valence-corrected chi connectivity index (χ2v) is 7.42. The van der Waals surface area contributed by atoms with Crippen molar-refractivity contribution in [3.05, 3.63) is 29.6 Å². The van der Waals surface area contributed by atoms with Crippen molar-refractivity contribution >= 4 is 21.6 Å². The smallest absolute Gasteiger partial charge is 0.148 e. The molecule has 0 atom stereocenters. The first-order valence-corrected chi connectivity index (χ1v) is 8.76. The van der Waals surface area contributed by atoms with Gasteiger partial charge in [-0.05, 0) is 24.2 Å². The lowest BCUT2D eigenvalue weighted by Gasteiger charge is -2.06. The molecule has 1 N–H and O–H groups in total. The van der Waals surface area contributed by atoms with E-state index < -0.39 is 9.84 Å². The maximum absolute atomic E-state index is 13.7. The zero-order valence-corrected chi connectivity index (χ0v) is 12.2. The Kier molecular flexibility index (Phi) is 6.11. The van der Waals surface area contributed by atoms with Crippen molar-refractivity contribution in [1.82, 2.24) is 5.32 Å². The molecule has 0 aromatic heterocycles. The molecular weight excluding hydrogens is 273 g/mol. The van der Waals surface area contributed by atoms with Gasteiger partial charge in [0.2, 0.25) is 0 Å². The summed E-state index contributed by atoms with van der Waals surface area (Å²) in [7, 11) is -2.98. The van der Waals surface area contributed by atoms with Crippen LogP contribution in [0.3, 0.4) is 0 Å². The van der Waals surface area contributed by atoms with Crippen molar-refractivity contribution in [2.24, 2.45) is 0 Å². The number of halogens is 1. The van der Waals surface area contributed by atoms with E-state index in [9.17, 15) is 12.8 Å². The van der Waals surface area contributed by atoms with Crippen molar-refractivity contribution in [3.63, 3.8) is 0 Å². The molecule has 0 saturated heterocycles. The van der Waals surface area contributed by atoms with Crippen molar-refractivity contribution in [2.45, 2.75) is 18.4 Å². The van der Waals surface area contributed by atoms with Crippen LogP contribution in [0.4, 0.5) is 4.39 Å². The highest BCUT2D eigenvalue weighted by atomic mass is 32.2. The van der Waals surface area contributed by atoms with Crippen LogP contribution in [0.15, 0.2) is 23.1 Å². The monoisotopic (exact) mass is 291 g/mol. The van der Waals surface area contributed by atoms with E-state index in [4.69, 9.17) is 0 Å². The predicted molar refractivity (Wildman–Crippen MR) is 74.2 cm³/mol. The summed E-state index contributed by atoms with van der Waals surface area (Å²) in [6.45, 7) is 3.47. The number of thioether (sulfide) groups is 1. The fraction of sp³-hybridized carbons (Fsp3) is 0.500. The van der Waals surface area contributed by atoms with Crippen molar-refractivity contribution < 1.29 is 12.8 Å². The second kappa shape index (κ2) is 7.11. The SMILES string of the molecule is CCNCc1ccc(SCCS(C)(=O)=O)c(F)c1. The van der Waals surface area contributed by atoms with Gasteiger partial charge in [0.05, 0.1) is 5.75 Å². The number of sulfone groups is 1. The minimum Gasteiger partial charge on any atom is -0.313 e. The fourth-order valence-electron chi connectivity index (χ4n) is 1.34. The summed E-state index contributed by atoms with van der Waals surface area (Å²) in [5, 5.41) is 3.12. The van der Waals surface area contributed by atoms with Crippen molar-refractivity contribution in [3.8, 4) is 0 Å². The lowest BCUT2D eigenvalue weighted by Crippen LogP contribution is -2.11. The zero-order chi connectivity index (χ0) is 13.6. The Morgan fingerprint density at radius 1 is 1.39 bits per heavy atom. The summed E-state index contributed by atoms with van der Waals surface area (Å²) >= 11 is 1.23. The maximum Gasteiger partial charge on any atom is 0.148 e. The van der Waals surface area contributed by atoms with Gasteiger partial charge in [-0.25, -0.2) is 12.8 Å². The highest BCUT2D eigenvalue weighted by molar-refractivity contribution is 8.00. The summed E-state index contributed by atoms with van der Waals surface area (Å²) in [5.74, 6) is 0.155. The summed E-state index contributed by atoms with van der Waals surface area (Å²) in [6, 6.07) is 5.05. The highest BCUT2D eigenvalue weighted by Gasteiger charge is 2.07. The van der Waals surface area contributed by atoms with E-state index in [1.54, 1.807) is 6.07 Å². The van der Waals surface area contributed by atoms with E-state index in [1.165, 1.54) is 24.1 Å². The molecular formula is C12H18FNO2S2. The van der Waals surface area contributed by atoms with Gasteiger partial charge in [0, 0.05) is 23.4 Å². The van der Waals surface area contributed by atoms with Crippen molar-refractivity contribution in [1.29, 1.82) is 0 Å². The molecule has 0 aliphatic carbocycles. The maximum atomic E-state index is 13.7. The van der Waals surface area contributed by atoms with E-state index in [2.05, 4.69) is 5.32 Å². The Hall–Kier alpha value is -0.590. The summed E-state index contributed by atoms with van der Waals surface area (Å²) < 4.78 is 35.6. The van der Waals surface area contributed by atoms with Gasteiger partial charge in [0.15, 0.2) is 0 Å². The van der Waals surface area contributed by atoms with E-state index in [0.29, 0.717) is 17.2 Å². The van der Waals surface area contributed by atoms with Gasteiger partial charge in [-0.15, -0.1) is 11.8 Å². The van der Waals surface area contributed by atoms with Crippen LogP contribution in [0, 0.1) is 5.82 Å². The topological polar surface area (TPSA) is 46.2 Å². The van der Waals surface area contributed by atoms with Gasteiger partial charge in [-0.1, -0.05) is 13.0 Å². The molecule has 0 aliphatic rings. The zero-order valence-electron chi connectivity index (χ0n) is 10.6. The van der Waals surface area contributed by atoms with E-state index in [-0.39, 0.29) is 11.6 Å². The van der Waals surface area contributed by atoms with Gasteiger partial charge in [-0.3, -0.25) is 0 Å². The van der Waals surface area contributed by atoms with E-state index >= 15 is 0 Å². The number of hydrogen-bond acceptors (Lipinski definition) is 4. The number of benzene rings is 1. The number of nitrogens with one attached hydrogen (secondary N) is 1. The van der Waals surface area contributed by atoms with E-state index in [1.807, 2.05) is 13.0 Å². The third-order valence-corrected chi connectivity index (χ3v) is 4.54. The quantitative estimate of drug-likeness (QED) is 0.781. The van der Waals surface area contributed by atoms with Crippen LogP contribution in [-0.2, 0) is 16.4 Å². The first-order valence-electron chi connectivity index (χ1n) is 5.72. The Morgan fingerprint density at radius 2 is 2.11 bits per heavy atom. The molecule has 0 saturated carbocycles. The van der Waals surface area contributed by atoms with Gasteiger partial charge in [0.25, 0.3) is 0 Å². The van der Waals surface area contributed by atoms with Gasteiger partial charge >= 0.3 is 0 Å². The Balaban J connectivity index is 2.57. The molecule has 0 bridgehead atoms. The lowest BCUT2D eigenvalue weighted by atomic mass is 10.2. The molecule has 0 fully saturated rings. The van der Waals surface area contributed by atoms with Gasteiger partial charge in [-0.2, -0.15) is 0 Å². The van der Waals surface area contributed by atoms with Crippen LogP contribution in [-0.4, -0.2) is 32.7 Å². The molecule has 0 spiro atoms. The summed E-state index contributed by atoms with van der Waals surface area (Å²) in [5.41, 5.74) is 0.891. The molecule has 0 aliphatic heterocycles. The molecule has 0 heterocycles. The molecule has 1 aromatic carbocycles. The predicted octanol–water partition coefficient (Wildman–Crippen LogP) is 2.07. The average molecular weight is 291 g/mol. The summed E-state index contributed by atoms with van der Waals surface area (Å²) in [6.07, 6.45) is 1.18. The molecule has 102 valence electrons.